The van der Waals surface area contributed by atoms with Crippen LogP contribution in [-0.2, 0) is 21.9 Å². The zero-order chi connectivity index (χ0) is 11.6. The Morgan fingerprint density at radius 3 is 2.56 bits per heavy atom. The summed E-state index contributed by atoms with van der Waals surface area (Å²) in [5, 5.41) is 0. The summed E-state index contributed by atoms with van der Waals surface area (Å²) in [5.74, 6) is 0.695. The molecule has 0 spiro atoms. The van der Waals surface area contributed by atoms with Crippen molar-refractivity contribution in [1.82, 2.24) is 0 Å². The van der Waals surface area contributed by atoms with E-state index in [-0.39, 0.29) is 0 Å². The topological polar surface area (TPSA) is 58.9 Å². The van der Waals surface area contributed by atoms with Gasteiger partial charge in [-0.05, 0) is 11.1 Å². The van der Waals surface area contributed by atoms with E-state index in [2.05, 4.69) is 9.39 Å². The number of carbonyl (C=O) groups excluding carboxylic acids is 2. The van der Waals surface area contributed by atoms with E-state index >= 15 is 0 Å². The standard InChI is InChI=1S/C10H8N2O2S2/c13-7-11-5-9-3-1-2-4-10(9)6-15-16-12-8-14/h1-4H,5-6H2. The lowest BCUT2D eigenvalue weighted by molar-refractivity contribution is 0.562. The Kier molecular flexibility index (Phi) is 6.30. The summed E-state index contributed by atoms with van der Waals surface area (Å²) in [6, 6.07) is 7.66. The molecule has 0 aliphatic rings. The van der Waals surface area contributed by atoms with Crippen LogP contribution in [0.5, 0.6) is 0 Å². The highest BCUT2D eigenvalue weighted by Crippen LogP contribution is 2.27. The van der Waals surface area contributed by atoms with Gasteiger partial charge in [-0.1, -0.05) is 35.1 Å². The van der Waals surface area contributed by atoms with Crippen molar-refractivity contribution in [2.75, 3.05) is 0 Å². The van der Waals surface area contributed by atoms with E-state index in [1.165, 1.54) is 23.0 Å². The van der Waals surface area contributed by atoms with Crippen molar-refractivity contribution < 1.29 is 9.59 Å². The van der Waals surface area contributed by atoms with Gasteiger partial charge in [0.2, 0.25) is 12.2 Å². The number of nitrogens with zero attached hydrogens (tertiary/aromatic N) is 2. The van der Waals surface area contributed by atoms with Crippen molar-refractivity contribution in [3.8, 4) is 0 Å². The molecule has 16 heavy (non-hydrogen) atoms. The van der Waals surface area contributed by atoms with Gasteiger partial charge in [0.05, 0.1) is 17.5 Å². The first-order valence-electron chi connectivity index (χ1n) is 4.34. The molecule has 0 heterocycles. The fraction of sp³-hybridized carbons (Fsp3) is 0.200. The normalized spacial score (nSPS) is 9.00. The molecular formula is C10H8N2O2S2. The van der Waals surface area contributed by atoms with Crippen LogP contribution in [0.1, 0.15) is 11.1 Å². The van der Waals surface area contributed by atoms with Gasteiger partial charge in [0.1, 0.15) is 0 Å². The third-order valence-electron chi connectivity index (χ3n) is 1.77. The lowest BCUT2D eigenvalue weighted by atomic mass is 10.1. The molecule has 0 amide bonds. The van der Waals surface area contributed by atoms with Gasteiger partial charge >= 0.3 is 0 Å². The van der Waals surface area contributed by atoms with Crippen LogP contribution in [0.15, 0.2) is 33.7 Å². The molecule has 1 aromatic rings. The van der Waals surface area contributed by atoms with E-state index in [9.17, 15) is 9.59 Å². The highest BCUT2D eigenvalue weighted by Gasteiger charge is 2.01. The summed E-state index contributed by atoms with van der Waals surface area (Å²) in [6.07, 6.45) is 2.96. The molecular weight excluding hydrogens is 244 g/mol. The Hall–Kier alpha value is -1.32. The maximum atomic E-state index is 10.0. The molecule has 6 heteroatoms. The molecule has 0 aromatic heterocycles. The zero-order valence-electron chi connectivity index (χ0n) is 8.25. The highest BCUT2D eigenvalue weighted by molar-refractivity contribution is 8.75. The summed E-state index contributed by atoms with van der Waals surface area (Å²) in [5.41, 5.74) is 2.05. The van der Waals surface area contributed by atoms with Gasteiger partial charge in [-0.25, -0.2) is 14.6 Å². The van der Waals surface area contributed by atoms with Crippen LogP contribution in [0.2, 0.25) is 0 Å². The molecule has 1 rings (SSSR count). The molecule has 0 fully saturated rings. The van der Waals surface area contributed by atoms with E-state index in [0.29, 0.717) is 12.3 Å². The average molecular weight is 252 g/mol. The predicted octanol–water partition coefficient (Wildman–Crippen LogP) is 2.65. The first-order valence-corrected chi connectivity index (χ1v) is 6.62. The second-order valence-electron chi connectivity index (χ2n) is 2.70. The highest BCUT2D eigenvalue weighted by atomic mass is 33.1. The third-order valence-corrected chi connectivity index (χ3v) is 3.35. The van der Waals surface area contributed by atoms with Gasteiger partial charge < -0.3 is 0 Å². The monoisotopic (exact) mass is 252 g/mol. The minimum atomic E-state index is 0.335. The van der Waals surface area contributed by atoms with Gasteiger partial charge in [0.15, 0.2) is 0 Å². The lowest BCUT2D eigenvalue weighted by Crippen LogP contribution is -1.89. The van der Waals surface area contributed by atoms with E-state index in [1.54, 1.807) is 0 Å². The number of hydrogen-bond donors (Lipinski definition) is 0. The van der Waals surface area contributed by atoms with Gasteiger partial charge in [-0.2, -0.15) is 0 Å². The van der Waals surface area contributed by atoms with E-state index in [4.69, 9.17) is 0 Å². The maximum Gasteiger partial charge on any atom is 0.248 e. The van der Waals surface area contributed by atoms with E-state index < -0.39 is 0 Å². The first kappa shape index (κ1) is 12.7. The van der Waals surface area contributed by atoms with Crippen molar-refractivity contribution in [2.45, 2.75) is 12.3 Å². The summed E-state index contributed by atoms with van der Waals surface area (Å²) in [4.78, 5) is 23.4. The molecule has 0 atom stereocenters. The summed E-state index contributed by atoms with van der Waals surface area (Å²) >= 11 is 0. The quantitative estimate of drug-likeness (QED) is 0.257. The maximum absolute atomic E-state index is 10.0. The van der Waals surface area contributed by atoms with E-state index in [1.807, 2.05) is 24.3 Å². The average Bonchev–Trinajstić information content (AvgIpc) is 2.33. The van der Waals surface area contributed by atoms with Crippen LogP contribution in [-0.4, -0.2) is 12.2 Å². The lowest BCUT2D eigenvalue weighted by Gasteiger charge is -2.04. The minimum absolute atomic E-state index is 0.335. The van der Waals surface area contributed by atoms with Crippen LogP contribution < -0.4 is 0 Å². The zero-order valence-corrected chi connectivity index (χ0v) is 9.88. The molecule has 0 aliphatic heterocycles. The molecule has 0 radical (unpaired) electrons. The van der Waals surface area contributed by atoms with Gasteiger partial charge in [0.25, 0.3) is 0 Å². The molecule has 0 saturated carbocycles. The molecule has 4 nitrogen and oxygen atoms in total. The fourth-order valence-corrected chi connectivity index (χ4v) is 2.43. The largest absolute Gasteiger partial charge is 0.248 e. The van der Waals surface area contributed by atoms with Crippen LogP contribution in [0.3, 0.4) is 0 Å². The molecule has 82 valence electrons. The van der Waals surface area contributed by atoms with Crippen LogP contribution in [0, 0.1) is 0 Å². The molecule has 0 saturated heterocycles. The van der Waals surface area contributed by atoms with Crippen molar-refractivity contribution in [2.24, 2.45) is 9.39 Å². The Bertz CT molecular complexity index is 438. The number of benzene rings is 1. The fourth-order valence-electron chi connectivity index (χ4n) is 1.10. The summed E-state index contributed by atoms with van der Waals surface area (Å²) in [6.45, 7) is 0.335. The van der Waals surface area contributed by atoms with Gasteiger partial charge in [0, 0.05) is 5.75 Å². The second kappa shape index (κ2) is 7.91. The molecule has 0 unspecified atom stereocenters. The van der Waals surface area contributed by atoms with Gasteiger partial charge in [-0.3, -0.25) is 0 Å². The predicted molar refractivity (Wildman–Crippen MR) is 65.3 cm³/mol. The Morgan fingerprint density at radius 1 is 1.12 bits per heavy atom. The number of isocyanates is 2. The first-order chi connectivity index (χ1) is 7.88. The minimum Gasteiger partial charge on any atom is -0.211 e. The Labute approximate surface area is 101 Å². The number of rotatable bonds is 6. The Balaban J connectivity index is 2.62. The molecule has 0 N–H and O–H groups in total. The molecule has 0 aliphatic carbocycles. The molecule has 0 bridgehead atoms. The SMILES string of the molecule is O=C=NCc1ccccc1CSSN=C=O. The summed E-state index contributed by atoms with van der Waals surface area (Å²) < 4.78 is 3.37. The van der Waals surface area contributed by atoms with Crippen LogP contribution >= 0.6 is 21.8 Å². The number of aliphatic imine (C=N–C) groups is 1. The van der Waals surface area contributed by atoms with Crippen molar-refractivity contribution in [1.29, 1.82) is 0 Å². The Morgan fingerprint density at radius 2 is 1.88 bits per heavy atom. The van der Waals surface area contributed by atoms with Crippen molar-refractivity contribution >= 4 is 33.9 Å². The second-order valence-corrected chi connectivity index (χ2v) is 4.71. The van der Waals surface area contributed by atoms with Crippen molar-refractivity contribution in [3.05, 3.63) is 35.4 Å². The smallest absolute Gasteiger partial charge is 0.211 e. The van der Waals surface area contributed by atoms with Crippen LogP contribution in [0.4, 0.5) is 0 Å². The number of hydrogen-bond acceptors (Lipinski definition) is 6. The van der Waals surface area contributed by atoms with Crippen LogP contribution in [0.25, 0.3) is 0 Å². The van der Waals surface area contributed by atoms with Gasteiger partial charge in [-0.15, -0.1) is 4.40 Å². The third kappa shape index (κ3) is 4.47. The van der Waals surface area contributed by atoms with Crippen molar-refractivity contribution in [3.63, 3.8) is 0 Å². The molecule has 1 aromatic carbocycles. The van der Waals surface area contributed by atoms with E-state index in [0.717, 1.165) is 22.1 Å². The summed E-state index contributed by atoms with van der Waals surface area (Å²) in [7, 11) is 2.52.